The van der Waals surface area contributed by atoms with Crippen molar-refractivity contribution < 1.29 is 16.8 Å². The number of benzene rings is 1. The molecule has 0 unspecified atom stereocenters. The summed E-state index contributed by atoms with van der Waals surface area (Å²) < 4.78 is 55.4. The lowest BCUT2D eigenvalue weighted by Gasteiger charge is -2.33. The number of nitrogens with zero attached hydrogens (tertiary/aromatic N) is 3. The number of hydrogen-bond acceptors (Lipinski definition) is 6. The summed E-state index contributed by atoms with van der Waals surface area (Å²) in [5.41, 5.74) is 0.420. The average Bonchev–Trinajstić information content (AvgIpc) is 3.15. The zero-order chi connectivity index (χ0) is 19.9. The van der Waals surface area contributed by atoms with Crippen molar-refractivity contribution in [3.63, 3.8) is 0 Å². The Morgan fingerprint density at radius 3 is 2.14 bits per heavy atom. The molecule has 0 amide bonds. The van der Waals surface area contributed by atoms with Crippen LogP contribution in [0.25, 0.3) is 10.9 Å². The molecule has 0 bridgehead atoms. The summed E-state index contributed by atoms with van der Waals surface area (Å²) in [6.07, 6.45) is 1.56. The van der Waals surface area contributed by atoms with Gasteiger partial charge in [-0.05, 0) is 40.2 Å². The van der Waals surface area contributed by atoms with Crippen molar-refractivity contribution in [2.24, 2.45) is 0 Å². The van der Waals surface area contributed by atoms with Crippen LogP contribution in [0.3, 0.4) is 0 Å². The summed E-state index contributed by atoms with van der Waals surface area (Å²) in [7, 11) is -7.40. The van der Waals surface area contributed by atoms with Crippen LogP contribution in [0.2, 0.25) is 0 Å². The third kappa shape index (κ3) is 3.51. The second kappa shape index (κ2) is 7.47. The molecule has 0 spiro atoms. The predicted molar refractivity (Wildman–Crippen MR) is 111 cm³/mol. The molecule has 1 aliphatic heterocycles. The second-order valence-electron chi connectivity index (χ2n) is 6.20. The van der Waals surface area contributed by atoms with E-state index in [1.165, 1.54) is 14.7 Å². The Bertz CT molecular complexity index is 1230. The van der Waals surface area contributed by atoms with E-state index >= 15 is 0 Å². The number of fused-ring (bicyclic) bond motifs is 1. The molecule has 1 aliphatic rings. The van der Waals surface area contributed by atoms with Gasteiger partial charge in [-0.1, -0.05) is 18.2 Å². The molecule has 1 saturated heterocycles. The number of rotatable bonds is 4. The number of sulfonamides is 2. The first-order valence-corrected chi connectivity index (χ1v) is 12.9. The first kappa shape index (κ1) is 19.9. The molecule has 28 heavy (non-hydrogen) atoms. The van der Waals surface area contributed by atoms with Crippen molar-refractivity contribution >= 4 is 58.2 Å². The minimum atomic E-state index is -3.77. The van der Waals surface area contributed by atoms with Crippen LogP contribution in [0, 0.1) is 0 Å². The Morgan fingerprint density at radius 1 is 0.857 bits per heavy atom. The minimum Gasteiger partial charge on any atom is -0.255 e. The molecular formula is C17H16BrN3O4S3. The van der Waals surface area contributed by atoms with Gasteiger partial charge in [0.25, 0.3) is 10.0 Å². The van der Waals surface area contributed by atoms with Crippen LogP contribution < -0.4 is 0 Å². The number of piperazine rings is 1. The summed E-state index contributed by atoms with van der Waals surface area (Å²) in [4.78, 5) is 4.37. The lowest BCUT2D eigenvalue weighted by Crippen LogP contribution is -2.50. The van der Waals surface area contributed by atoms with Crippen molar-refractivity contribution in [3.8, 4) is 0 Å². The van der Waals surface area contributed by atoms with Gasteiger partial charge in [0.1, 0.15) is 9.10 Å². The molecule has 0 radical (unpaired) electrons. The molecule has 148 valence electrons. The largest absolute Gasteiger partial charge is 0.255 e. The zero-order valence-corrected chi connectivity index (χ0v) is 18.6. The minimum absolute atomic E-state index is 0.0946. The first-order valence-electron chi connectivity index (χ1n) is 8.39. The Labute approximate surface area is 175 Å². The molecular weight excluding hydrogens is 486 g/mol. The van der Waals surface area contributed by atoms with Crippen molar-refractivity contribution in [2.75, 3.05) is 26.2 Å². The van der Waals surface area contributed by atoms with E-state index in [-0.39, 0.29) is 35.3 Å². The van der Waals surface area contributed by atoms with Gasteiger partial charge in [0, 0.05) is 37.8 Å². The molecule has 4 rings (SSSR count). The number of halogens is 1. The number of aromatic nitrogens is 1. The highest BCUT2D eigenvalue weighted by Crippen LogP contribution is 2.30. The monoisotopic (exact) mass is 501 g/mol. The molecule has 0 aliphatic carbocycles. The van der Waals surface area contributed by atoms with E-state index < -0.39 is 20.0 Å². The molecule has 0 atom stereocenters. The Hall–Kier alpha value is -1.37. The summed E-state index contributed by atoms with van der Waals surface area (Å²) in [6.45, 7) is 0.402. The van der Waals surface area contributed by atoms with E-state index in [0.29, 0.717) is 5.52 Å². The number of hydrogen-bond donors (Lipinski definition) is 0. The third-order valence-corrected chi connectivity index (χ3v) is 10.5. The Balaban J connectivity index is 1.58. The van der Waals surface area contributed by atoms with Crippen LogP contribution >= 0.6 is 27.3 Å². The molecule has 1 fully saturated rings. The van der Waals surface area contributed by atoms with Gasteiger partial charge in [0.15, 0.2) is 0 Å². The highest BCUT2D eigenvalue weighted by Gasteiger charge is 2.35. The smallest absolute Gasteiger partial charge is 0.252 e. The van der Waals surface area contributed by atoms with Crippen LogP contribution in [-0.4, -0.2) is 56.6 Å². The predicted octanol–water partition coefficient (Wildman–Crippen LogP) is 2.75. The molecule has 3 heterocycles. The van der Waals surface area contributed by atoms with E-state index in [1.54, 1.807) is 30.5 Å². The van der Waals surface area contributed by atoms with Crippen LogP contribution in [0.4, 0.5) is 0 Å². The van der Waals surface area contributed by atoms with Crippen LogP contribution in [0.1, 0.15) is 0 Å². The quantitative estimate of drug-likeness (QED) is 0.548. The first-order chi connectivity index (χ1) is 13.3. The van der Waals surface area contributed by atoms with E-state index in [1.807, 2.05) is 12.1 Å². The van der Waals surface area contributed by atoms with Gasteiger partial charge in [-0.2, -0.15) is 8.61 Å². The summed E-state index contributed by atoms with van der Waals surface area (Å²) in [5, 5.41) is 0.744. The van der Waals surface area contributed by atoms with Gasteiger partial charge in [0.05, 0.1) is 9.30 Å². The number of pyridine rings is 1. The Kier molecular flexibility index (Phi) is 5.31. The van der Waals surface area contributed by atoms with Crippen molar-refractivity contribution in [3.05, 3.63) is 52.4 Å². The third-order valence-electron chi connectivity index (χ3n) is 4.55. The molecule has 0 saturated carbocycles. The molecule has 0 N–H and O–H groups in total. The van der Waals surface area contributed by atoms with Gasteiger partial charge in [-0.15, -0.1) is 11.3 Å². The van der Waals surface area contributed by atoms with Crippen molar-refractivity contribution in [2.45, 2.75) is 9.10 Å². The normalized spacial score (nSPS) is 17.2. The zero-order valence-electron chi connectivity index (χ0n) is 14.5. The average molecular weight is 502 g/mol. The number of thiophene rings is 1. The van der Waals surface area contributed by atoms with Gasteiger partial charge in [0.2, 0.25) is 10.0 Å². The summed E-state index contributed by atoms with van der Waals surface area (Å²) in [5.74, 6) is 0. The van der Waals surface area contributed by atoms with Gasteiger partial charge in [-0.25, -0.2) is 16.8 Å². The molecule has 11 heteroatoms. The van der Waals surface area contributed by atoms with Crippen molar-refractivity contribution in [1.82, 2.24) is 13.6 Å². The molecule has 2 aromatic heterocycles. The lowest BCUT2D eigenvalue weighted by atomic mass is 10.2. The maximum Gasteiger partial charge on any atom is 0.252 e. The summed E-state index contributed by atoms with van der Waals surface area (Å²) in [6, 6.07) is 11.8. The Morgan fingerprint density at radius 2 is 1.50 bits per heavy atom. The van der Waals surface area contributed by atoms with E-state index in [9.17, 15) is 16.8 Å². The number of para-hydroxylation sites is 1. The van der Waals surface area contributed by atoms with E-state index in [0.717, 1.165) is 20.5 Å². The van der Waals surface area contributed by atoms with E-state index in [4.69, 9.17) is 0 Å². The van der Waals surface area contributed by atoms with Crippen molar-refractivity contribution in [1.29, 1.82) is 0 Å². The standard InChI is InChI=1S/C17H16BrN3O4S3/c18-15-6-7-16(26-15)28(24,25)21-11-9-20(10-12-21)27(22,23)14-5-1-3-13-4-2-8-19-17(13)14/h1-8H,9-12H2. The van der Waals surface area contributed by atoms with Crippen LogP contribution in [0.5, 0.6) is 0 Å². The fourth-order valence-corrected chi connectivity index (χ4v) is 8.31. The van der Waals surface area contributed by atoms with E-state index in [2.05, 4.69) is 20.9 Å². The second-order valence-corrected chi connectivity index (χ2v) is 12.7. The molecule has 3 aromatic rings. The highest BCUT2D eigenvalue weighted by molar-refractivity contribution is 9.11. The van der Waals surface area contributed by atoms with Crippen LogP contribution in [0.15, 0.2) is 61.6 Å². The summed E-state index contributed by atoms with van der Waals surface area (Å²) >= 11 is 4.41. The topological polar surface area (TPSA) is 87.7 Å². The SMILES string of the molecule is O=S(=O)(c1ccc(Br)s1)N1CCN(S(=O)(=O)c2cccc3cccnc23)CC1. The fourth-order valence-electron chi connectivity index (χ4n) is 3.14. The molecule has 1 aromatic carbocycles. The maximum absolute atomic E-state index is 13.1. The highest BCUT2D eigenvalue weighted by atomic mass is 79.9. The molecule has 7 nitrogen and oxygen atoms in total. The maximum atomic E-state index is 13.1. The van der Waals surface area contributed by atoms with Gasteiger partial charge in [-0.3, -0.25) is 4.98 Å². The van der Waals surface area contributed by atoms with Crippen LogP contribution in [-0.2, 0) is 20.0 Å². The van der Waals surface area contributed by atoms with Gasteiger partial charge < -0.3 is 0 Å². The fraction of sp³-hybridized carbons (Fsp3) is 0.235. The lowest BCUT2D eigenvalue weighted by molar-refractivity contribution is 0.273. The van der Waals surface area contributed by atoms with Gasteiger partial charge >= 0.3 is 0 Å².